The van der Waals surface area contributed by atoms with Crippen molar-refractivity contribution in [3.05, 3.63) is 49.1 Å². The highest BCUT2D eigenvalue weighted by molar-refractivity contribution is 5.90. The van der Waals surface area contributed by atoms with Crippen molar-refractivity contribution in [3.8, 4) is 5.69 Å². The first-order valence-electron chi connectivity index (χ1n) is 5.92. The van der Waals surface area contributed by atoms with E-state index in [4.69, 9.17) is 0 Å². The second kappa shape index (κ2) is 5.31. The SMILES string of the molecule is O=C(Cn1cccn1)Nc1cccc(-n2cnnn2)c1. The summed E-state index contributed by atoms with van der Waals surface area (Å²) >= 11 is 0. The van der Waals surface area contributed by atoms with Crippen molar-refractivity contribution in [2.75, 3.05) is 5.32 Å². The van der Waals surface area contributed by atoms with Crippen molar-refractivity contribution in [1.82, 2.24) is 30.0 Å². The largest absolute Gasteiger partial charge is 0.324 e. The first kappa shape index (κ1) is 12.0. The van der Waals surface area contributed by atoms with Crippen molar-refractivity contribution in [1.29, 1.82) is 0 Å². The van der Waals surface area contributed by atoms with E-state index in [9.17, 15) is 4.79 Å². The van der Waals surface area contributed by atoms with E-state index in [1.807, 2.05) is 12.1 Å². The summed E-state index contributed by atoms with van der Waals surface area (Å²) < 4.78 is 3.07. The van der Waals surface area contributed by atoms with Crippen LogP contribution in [-0.2, 0) is 11.3 Å². The molecule has 0 atom stereocenters. The second-order valence-electron chi connectivity index (χ2n) is 4.06. The molecule has 0 unspecified atom stereocenters. The Bertz CT molecular complexity index is 690. The molecular weight excluding hydrogens is 258 g/mol. The fraction of sp³-hybridized carbons (Fsp3) is 0.0833. The minimum atomic E-state index is -0.150. The number of carbonyl (C=O) groups excluding carboxylic acids is 1. The number of tetrazole rings is 1. The normalized spacial score (nSPS) is 10.4. The Morgan fingerprint density at radius 3 is 3.00 bits per heavy atom. The number of carbonyl (C=O) groups is 1. The summed E-state index contributed by atoms with van der Waals surface area (Å²) in [6, 6.07) is 9.03. The maximum absolute atomic E-state index is 11.9. The zero-order valence-electron chi connectivity index (χ0n) is 10.4. The van der Waals surface area contributed by atoms with Crippen molar-refractivity contribution < 1.29 is 4.79 Å². The highest BCUT2D eigenvalue weighted by atomic mass is 16.2. The van der Waals surface area contributed by atoms with E-state index in [-0.39, 0.29) is 12.5 Å². The van der Waals surface area contributed by atoms with Crippen molar-refractivity contribution in [2.24, 2.45) is 0 Å². The van der Waals surface area contributed by atoms with Crippen LogP contribution in [0.4, 0.5) is 5.69 Å². The quantitative estimate of drug-likeness (QED) is 0.744. The third-order valence-corrected chi connectivity index (χ3v) is 2.61. The molecule has 1 N–H and O–H groups in total. The van der Waals surface area contributed by atoms with Crippen LogP contribution in [0.25, 0.3) is 5.69 Å². The van der Waals surface area contributed by atoms with Crippen LogP contribution in [0.2, 0.25) is 0 Å². The van der Waals surface area contributed by atoms with E-state index in [0.717, 1.165) is 5.69 Å². The van der Waals surface area contributed by atoms with Gasteiger partial charge in [-0.15, -0.1) is 5.10 Å². The summed E-state index contributed by atoms with van der Waals surface area (Å²) in [6.45, 7) is 0.169. The minimum Gasteiger partial charge on any atom is -0.324 e. The number of nitrogens with zero attached hydrogens (tertiary/aromatic N) is 6. The fourth-order valence-corrected chi connectivity index (χ4v) is 1.75. The lowest BCUT2D eigenvalue weighted by Crippen LogP contribution is -2.19. The average Bonchev–Trinajstić information content (AvgIpc) is 3.11. The van der Waals surface area contributed by atoms with Gasteiger partial charge < -0.3 is 5.32 Å². The number of benzene rings is 1. The molecule has 8 nitrogen and oxygen atoms in total. The molecule has 1 aromatic carbocycles. The van der Waals surface area contributed by atoms with Gasteiger partial charge in [-0.2, -0.15) is 5.10 Å². The Labute approximate surface area is 114 Å². The van der Waals surface area contributed by atoms with Gasteiger partial charge in [-0.3, -0.25) is 9.48 Å². The Morgan fingerprint density at radius 1 is 1.30 bits per heavy atom. The lowest BCUT2D eigenvalue weighted by molar-refractivity contribution is -0.116. The second-order valence-corrected chi connectivity index (χ2v) is 4.06. The topological polar surface area (TPSA) is 90.5 Å². The van der Waals surface area contributed by atoms with Crippen LogP contribution in [0.1, 0.15) is 0 Å². The summed E-state index contributed by atoms with van der Waals surface area (Å²) in [5, 5.41) is 17.7. The molecule has 3 aromatic rings. The van der Waals surface area contributed by atoms with Gasteiger partial charge in [-0.1, -0.05) is 6.07 Å². The molecule has 0 bridgehead atoms. The molecule has 2 aromatic heterocycles. The van der Waals surface area contributed by atoms with Gasteiger partial charge in [-0.25, -0.2) is 4.68 Å². The van der Waals surface area contributed by atoms with E-state index in [1.165, 1.54) is 11.0 Å². The molecule has 8 heteroatoms. The van der Waals surface area contributed by atoms with E-state index >= 15 is 0 Å². The number of hydrogen-bond acceptors (Lipinski definition) is 5. The summed E-state index contributed by atoms with van der Waals surface area (Å²) in [5.74, 6) is -0.150. The Kier molecular flexibility index (Phi) is 3.19. The van der Waals surface area contributed by atoms with Crippen LogP contribution >= 0.6 is 0 Å². The molecular formula is C12H11N7O. The molecule has 2 heterocycles. The number of nitrogens with one attached hydrogen (secondary N) is 1. The number of aromatic nitrogens is 6. The zero-order valence-corrected chi connectivity index (χ0v) is 10.4. The van der Waals surface area contributed by atoms with Crippen LogP contribution in [-0.4, -0.2) is 35.9 Å². The number of rotatable bonds is 4. The van der Waals surface area contributed by atoms with Crippen LogP contribution in [0.5, 0.6) is 0 Å². The smallest absolute Gasteiger partial charge is 0.246 e. The van der Waals surface area contributed by atoms with Gasteiger partial charge in [0.1, 0.15) is 12.9 Å². The Morgan fingerprint density at radius 2 is 2.25 bits per heavy atom. The molecule has 0 aliphatic heterocycles. The van der Waals surface area contributed by atoms with Crippen LogP contribution in [0, 0.1) is 0 Å². The van der Waals surface area contributed by atoms with Gasteiger partial charge in [0.15, 0.2) is 0 Å². The molecule has 1 amide bonds. The van der Waals surface area contributed by atoms with Crippen LogP contribution in [0.3, 0.4) is 0 Å². The summed E-state index contributed by atoms with van der Waals surface area (Å²) in [7, 11) is 0. The maximum atomic E-state index is 11.9. The molecule has 100 valence electrons. The molecule has 0 spiro atoms. The van der Waals surface area contributed by atoms with E-state index in [2.05, 4.69) is 25.9 Å². The molecule has 0 saturated heterocycles. The number of hydrogen-bond donors (Lipinski definition) is 1. The van der Waals surface area contributed by atoms with Crippen molar-refractivity contribution >= 4 is 11.6 Å². The minimum absolute atomic E-state index is 0.150. The molecule has 0 saturated carbocycles. The first-order chi connectivity index (χ1) is 9.81. The van der Waals surface area contributed by atoms with Gasteiger partial charge in [0.05, 0.1) is 5.69 Å². The number of amides is 1. The van der Waals surface area contributed by atoms with Crippen molar-refractivity contribution in [2.45, 2.75) is 6.54 Å². The molecule has 0 fully saturated rings. The lowest BCUT2D eigenvalue weighted by atomic mass is 10.3. The highest BCUT2D eigenvalue weighted by Crippen LogP contribution is 2.13. The number of anilines is 1. The molecule has 20 heavy (non-hydrogen) atoms. The van der Waals surface area contributed by atoms with E-state index in [0.29, 0.717) is 5.69 Å². The first-order valence-corrected chi connectivity index (χ1v) is 5.92. The summed E-state index contributed by atoms with van der Waals surface area (Å²) in [6.07, 6.45) is 4.85. The van der Waals surface area contributed by atoms with Gasteiger partial charge in [0, 0.05) is 18.1 Å². The standard InChI is InChI=1S/C12H11N7O/c20-12(8-18-6-2-5-14-18)15-10-3-1-4-11(7-10)19-9-13-16-17-19/h1-7,9H,8H2,(H,15,20). The predicted molar refractivity (Wildman–Crippen MR) is 70.0 cm³/mol. The van der Waals surface area contributed by atoms with Gasteiger partial charge in [-0.05, 0) is 34.7 Å². The van der Waals surface area contributed by atoms with Crippen LogP contribution < -0.4 is 5.32 Å². The molecule has 0 aliphatic rings. The monoisotopic (exact) mass is 269 g/mol. The molecule has 3 rings (SSSR count). The van der Waals surface area contributed by atoms with E-state index < -0.39 is 0 Å². The summed E-state index contributed by atoms with van der Waals surface area (Å²) in [4.78, 5) is 11.9. The highest BCUT2D eigenvalue weighted by Gasteiger charge is 2.05. The molecule has 0 aliphatic carbocycles. The Balaban J connectivity index is 1.71. The summed E-state index contributed by atoms with van der Waals surface area (Å²) in [5.41, 5.74) is 1.45. The lowest BCUT2D eigenvalue weighted by Gasteiger charge is -2.07. The van der Waals surface area contributed by atoms with Gasteiger partial charge >= 0.3 is 0 Å². The Hall–Kier alpha value is -3.03. The fourth-order valence-electron chi connectivity index (χ4n) is 1.75. The molecule has 0 radical (unpaired) electrons. The third kappa shape index (κ3) is 2.69. The van der Waals surface area contributed by atoms with Gasteiger partial charge in [0.25, 0.3) is 0 Å². The van der Waals surface area contributed by atoms with E-state index in [1.54, 1.807) is 35.3 Å². The van der Waals surface area contributed by atoms with Crippen LogP contribution in [0.15, 0.2) is 49.1 Å². The van der Waals surface area contributed by atoms with Crippen molar-refractivity contribution in [3.63, 3.8) is 0 Å². The average molecular weight is 269 g/mol. The van der Waals surface area contributed by atoms with Gasteiger partial charge in [0.2, 0.25) is 5.91 Å². The predicted octanol–water partition coefficient (Wildman–Crippen LogP) is 0.497. The third-order valence-electron chi connectivity index (χ3n) is 2.61. The maximum Gasteiger partial charge on any atom is 0.246 e. The zero-order chi connectivity index (χ0) is 13.8.